The second-order valence-corrected chi connectivity index (χ2v) is 6.63. The number of carbonyl (C=O) groups is 2. The molecule has 3 rings (SSSR count). The summed E-state index contributed by atoms with van der Waals surface area (Å²) >= 11 is 1.35. The van der Waals surface area contributed by atoms with Crippen molar-refractivity contribution in [2.75, 3.05) is 13.2 Å². The maximum Gasteiger partial charge on any atom is 0.340 e. The van der Waals surface area contributed by atoms with Crippen LogP contribution in [-0.2, 0) is 27.7 Å². The van der Waals surface area contributed by atoms with Crippen LogP contribution in [0.5, 0.6) is 0 Å². The van der Waals surface area contributed by atoms with Crippen LogP contribution in [0.4, 0.5) is 0 Å². The lowest BCUT2D eigenvalue weighted by atomic mass is 10.1. The second-order valence-electron chi connectivity index (χ2n) is 5.71. The zero-order valence-electron chi connectivity index (χ0n) is 14.8. The highest BCUT2D eigenvalue weighted by Crippen LogP contribution is 2.27. The summed E-state index contributed by atoms with van der Waals surface area (Å²) in [5.41, 5.74) is 0.880. The quantitative estimate of drug-likeness (QED) is 0.643. The summed E-state index contributed by atoms with van der Waals surface area (Å²) in [4.78, 5) is 37.7. The van der Waals surface area contributed by atoms with E-state index in [4.69, 9.17) is 9.47 Å². The van der Waals surface area contributed by atoms with Crippen molar-refractivity contribution in [1.29, 1.82) is 0 Å². The Bertz CT molecular complexity index is 1060. The van der Waals surface area contributed by atoms with E-state index >= 15 is 0 Å². The molecule has 0 unspecified atom stereocenters. The molecule has 0 atom stereocenters. The number of aromatic nitrogens is 1. The number of aryl methyl sites for hydroxylation is 1. The summed E-state index contributed by atoms with van der Waals surface area (Å²) in [6.45, 7) is 3.87. The van der Waals surface area contributed by atoms with Gasteiger partial charge >= 0.3 is 11.9 Å². The predicted molar refractivity (Wildman–Crippen MR) is 101 cm³/mol. The first kappa shape index (κ1) is 18.1. The van der Waals surface area contributed by atoms with Gasteiger partial charge in [-0.25, -0.2) is 4.79 Å². The zero-order chi connectivity index (χ0) is 18.8. The molecule has 2 heterocycles. The average molecular weight is 373 g/mol. The highest BCUT2D eigenvalue weighted by Gasteiger charge is 2.25. The summed E-state index contributed by atoms with van der Waals surface area (Å²) in [5.74, 6) is -1.01. The standard InChI is InChI=1S/C19H19NO5S/c1-4-24-14(21)10-13-15(19(23)25-5-2)12-7-6-11-8-9-26-18(11)17(22)16(12)20(13)3/h6-9H,4-5,10H2,1-3H3. The lowest BCUT2D eigenvalue weighted by Crippen LogP contribution is -2.15. The molecule has 7 heteroatoms. The van der Waals surface area contributed by atoms with Gasteiger partial charge in [0.2, 0.25) is 5.43 Å². The van der Waals surface area contributed by atoms with Gasteiger partial charge < -0.3 is 14.0 Å². The Morgan fingerprint density at radius 2 is 1.85 bits per heavy atom. The molecule has 3 aromatic rings. The van der Waals surface area contributed by atoms with Crippen LogP contribution in [0, 0.1) is 0 Å². The Hall–Kier alpha value is -2.67. The molecule has 136 valence electrons. The molecular formula is C19H19NO5S. The van der Waals surface area contributed by atoms with Gasteiger partial charge in [-0.05, 0) is 30.7 Å². The molecule has 0 aliphatic carbocycles. The molecule has 1 aromatic carbocycles. The van der Waals surface area contributed by atoms with Crippen molar-refractivity contribution in [1.82, 2.24) is 4.57 Å². The van der Waals surface area contributed by atoms with E-state index in [0.29, 0.717) is 21.3 Å². The minimum absolute atomic E-state index is 0.107. The number of esters is 2. The van der Waals surface area contributed by atoms with E-state index in [-0.39, 0.29) is 30.6 Å². The monoisotopic (exact) mass is 373 g/mol. The summed E-state index contributed by atoms with van der Waals surface area (Å²) in [5, 5.41) is 3.16. The fourth-order valence-electron chi connectivity index (χ4n) is 3.10. The number of fused-ring (bicyclic) bond motifs is 2. The van der Waals surface area contributed by atoms with E-state index in [9.17, 15) is 14.4 Å². The molecule has 2 aromatic heterocycles. The maximum absolute atomic E-state index is 13.0. The van der Waals surface area contributed by atoms with Gasteiger partial charge in [0.15, 0.2) is 0 Å². The third-order valence-electron chi connectivity index (χ3n) is 4.20. The number of carbonyl (C=O) groups excluding carboxylic acids is 2. The van der Waals surface area contributed by atoms with Crippen LogP contribution in [-0.4, -0.2) is 29.7 Å². The van der Waals surface area contributed by atoms with E-state index < -0.39 is 11.9 Å². The van der Waals surface area contributed by atoms with Gasteiger partial charge in [0.05, 0.1) is 35.4 Å². The Labute approximate surface area is 153 Å². The van der Waals surface area contributed by atoms with E-state index in [1.807, 2.05) is 17.5 Å². The number of ether oxygens (including phenoxy) is 2. The van der Waals surface area contributed by atoms with Gasteiger partial charge in [-0.15, -0.1) is 11.3 Å². The normalized spacial score (nSPS) is 11.0. The van der Waals surface area contributed by atoms with E-state index in [1.54, 1.807) is 31.5 Å². The maximum atomic E-state index is 13.0. The molecule has 26 heavy (non-hydrogen) atoms. The van der Waals surface area contributed by atoms with Crippen LogP contribution >= 0.6 is 11.3 Å². The minimum Gasteiger partial charge on any atom is -0.466 e. The average Bonchev–Trinajstić information content (AvgIpc) is 3.13. The highest BCUT2D eigenvalue weighted by atomic mass is 32.1. The van der Waals surface area contributed by atoms with Gasteiger partial charge in [-0.2, -0.15) is 0 Å². The van der Waals surface area contributed by atoms with Gasteiger partial charge in [0.25, 0.3) is 0 Å². The molecule has 0 saturated heterocycles. The summed E-state index contributed by atoms with van der Waals surface area (Å²) < 4.78 is 12.4. The summed E-state index contributed by atoms with van der Waals surface area (Å²) in [6, 6.07) is 5.42. The summed E-state index contributed by atoms with van der Waals surface area (Å²) in [7, 11) is 1.68. The smallest absolute Gasteiger partial charge is 0.340 e. The first-order chi connectivity index (χ1) is 12.5. The van der Waals surface area contributed by atoms with Crippen LogP contribution < -0.4 is 5.43 Å². The molecule has 0 aliphatic heterocycles. The van der Waals surface area contributed by atoms with Crippen molar-refractivity contribution in [3.8, 4) is 0 Å². The van der Waals surface area contributed by atoms with Crippen LogP contribution in [0.25, 0.3) is 21.0 Å². The van der Waals surface area contributed by atoms with Crippen LogP contribution in [0.15, 0.2) is 28.4 Å². The highest BCUT2D eigenvalue weighted by molar-refractivity contribution is 7.17. The topological polar surface area (TPSA) is 74.6 Å². The first-order valence-electron chi connectivity index (χ1n) is 8.34. The lowest BCUT2D eigenvalue weighted by molar-refractivity contribution is -0.142. The second kappa shape index (κ2) is 7.29. The molecule has 0 fully saturated rings. The third kappa shape index (κ3) is 2.99. The third-order valence-corrected chi connectivity index (χ3v) is 5.13. The van der Waals surface area contributed by atoms with E-state index in [1.165, 1.54) is 11.3 Å². The van der Waals surface area contributed by atoms with Gasteiger partial charge in [-0.1, -0.05) is 12.1 Å². The first-order valence-corrected chi connectivity index (χ1v) is 9.22. The molecule has 0 spiro atoms. The lowest BCUT2D eigenvalue weighted by Gasteiger charge is -2.07. The summed E-state index contributed by atoms with van der Waals surface area (Å²) in [6.07, 6.45) is -0.107. The molecule has 0 saturated carbocycles. The fraction of sp³-hybridized carbons (Fsp3) is 0.316. The molecule has 0 aliphatic rings. The number of thiophene rings is 1. The number of hydrogen-bond acceptors (Lipinski definition) is 6. The molecule has 0 amide bonds. The van der Waals surface area contributed by atoms with Crippen LogP contribution in [0.2, 0.25) is 0 Å². The Morgan fingerprint density at radius 3 is 2.54 bits per heavy atom. The van der Waals surface area contributed by atoms with Crippen molar-refractivity contribution in [2.45, 2.75) is 20.3 Å². The number of hydrogen-bond donors (Lipinski definition) is 0. The van der Waals surface area contributed by atoms with Gasteiger partial charge in [0, 0.05) is 18.1 Å². The van der Waals surface area contributed by atoms with Crippen molar-refractivity contribution in [2.24, 2.45) is 7.05 Å². The molecule has 0 radical (unpaired) electrons. The molecule has 6 nitrogen and oxygen atoms in total. The predicted octanol–water partition coefficient (Wildman–Crippen LogP) is 3.04. The van der Waals surface area contributed by atoms with E-state index in [0.717, 1.165) is 5.39 Å². The molecule has 0 bridgehead atoms. The Balaban J connectivity index is 2.36. The molecular weight excluding hydrogens is 354 g/mol. The SMILES string of the molecule is CCOC(=O)Cc1c(C(=O)OCC)c2ccc3ccsc3c(=O)c2n1C. The van der Waals surface area contributed by atoms with Crippen LogP contribution in [0.1, 0.15) is 29.9 Å². The van der Waals surface area contributed by atoms with Crippen molar-refractivity contribution < 1.29 is 19.1 Å². The van der Waals surface area contributed by atoms with Gasteiger partial charge in [-0.3, -0.25) is 9.59 Å². The Morgan fingerprint density at radius 1 is 1.12 bits per heavy atom. The van der Waals surface area contributed by atoms with Gasteiger partial charge in [0.1, 0.15) is 0 Å². The zero-order valence-corrected chi connectivity index (χ0v) is 15.6. The van der Waals surface area contributed by atoms with Crippen molar-refractivity contribution in [3.05, 3.63) is 45.1 Å². The number of rotatable bonds is 5. The minimum atomic E-state index is -0.550. The van der Waals surface area contributed by atoms with Crippen LogP contribution in [0.3, 0.4) is 0 Å². The van der Waals surface area contributed by atoms with Crippen molar-refractivity contribution in [3.63, 3.8) is 0 Å². The van der Waals surface area contributed by atoms with Crippen molar-refractivity contribution >= 4 is 44.3 Å². The number of nitrogens with zero attached hydrogens (tertiary/aromatic N) is 1. The van der Waals surface area contributed by atoms with E-state index in [2.05, 4.69) is 0 Å². The largest absolute Gasteiger partial charge is 0.466 e. The Kier molecular flexibility index (Phi) is 5.08. The fourth-order valence-corrected chi connectivity index (χ4v) is 3.92. The molecule has 0 N–H and O–H groups in total.